The van der Waals surface area contributed by atoms with Crippen molar-refractivity contribution in [2.24, 2.45) is 11.7 Å². The molecule has 3 atom stereocenters. The third-order valence-electron chi connectivity index (χ3n) is 5.25. The first-order valence-electron chi connectivity index (χ1n) is 9.04. The number of hydrogen-bond donors (Lipinski definition) is 2. The van der Waals surface area contributed by atoms with Crippen LogP contribution in [0.3, 0.4) is 0 Å². The SMILES string of the molecule is CC(C(=O)Nc1cccc([N+](=O)[O-])c1)N1C[C@@H](CN)[C@H](c2ccccc2)C1.Cl. The maximum atomic E-state index is 12.7. The van der Waals surface area contributed by atoms with E-state index in [0.717, 1.165) is 13.1 Å². The summed E-state index contributed by atoms with van der Waals surface area (Å²) in [5, 5.41) is 13.7. The zero-order valence-electron chi connectivity index (χ0n) is 15.7. The molecule has 2 aromatic rings. The predicted molar refractivity (Wildman–Crippen MR) is 112 cm³/mol. The summed E-state index contributed by atoms with van der Waals surface area (Å²) in [4.78, 5) is 25.2. The van der Waals surface area contributed by atoms with E-state index in [2.05, 4.69) is 22.3 Å². The Morgan fingerprint density at radius 3 is 2.61 bits per heavy atom. The first-order chi connectivity index (χ1) is 13.0. The van der Waals surface area contributed by atoms with Crippen LogP contribution in [0.1, 0.15) is 18.4 Å². The first-order valence-corrected chi connectivity index (χ1v) is 9.04. The van der Waals surface area contributed by atoms with Gasteiger partial charge in [0.05, 0.1) is 11.0 Å². The van der Waals surface area contributed by atoms with Gasteiger partial charge in [0, 0.05) is 36.8 Å². The molecule has 0 bridgehead atoms. The normalized spacial score (nSPS) is 20.2. The zero-order valence-corrected chi connectivity index (χ0v) is 16.5. The van der Waals surface area contributed by atoms with E-state index in [1.807, 2.05) is 25.1 Å². The predicted octanol–water partition coefficient (Wildman–Crippen LogP) is 3.02. The van der Waals surface area contributed by atoms with Crippen molar-refractivity contribution in [1.29, 1.82) is 0 Å². The van der Waals surface area contributed by atoms with E-state index in [4.69, 9.17) is 5.73 Å². The lowest BCUT2D eigenvalue weighted by molar-refractivity contribution is -0.384. The molecule has 28 heavy (non-hydrogen) atoms. The zero-order chi connectivity index (χ0) is 19.4. The van der Waals surface area contributed by atoms with Crippen molar-refractivity contribution in [3.05, 3.63) is 70.3 Å². The summed E-state index contributed by atoms with van der Waals surface area (Å²) in [7, 11) is 0. The Morgan fingerprint density at radius 2 is 1.96 bits per heavy atom. The minimum absolute atomic E-state index is 0. The number of rotatable bonds is 6. The van der Waals surface area contributed by atoms with Gasteiger partial charge >= 0.3 is 0 Å². The van der Waals surface area contributed by atoms with Crippen LogP contribution in [0.25, 0.3) is 0 Å². The number of carbonyl (C=O) groups is 1. The maximum absolute atomic E-state index is 12.7. The van der Waals surface area contributed by atoms with Gasteiger partial charge in [-0.05, 0) is 31.0 Å². The van der Waals surface area contributed by atoms with Crippen LogP contribution >= 0.6 is 12.4 Å². The second-order valence-corrected chi connectivity index (χ2v) is 6.94. The monoisotopic (exact) mass is 404 g/mol. The molecule has 2 aromatic carbocycles. The molecule has 0 aromatic heterocycles. The van der Waals surface area contributed by atoms with Gasteiger partial charge in [-0.25, -0.2) is 0 Å². The maximum Gasteiger partial charge on any atom is 0.271 e. The Balaban J connectivity index is 0.00000280. The molecule has 8 heteroatoms. The average Bonchev–Trinajstić information content (AvgIpc) is 3.12. The lowest BCUT2D eigenvalue weighted by atomic mass is 9.89. The Labute approximate surface area is 170 Å². The number of halogens is 1. The third-order valence-corrected chi connectivity index (χ3v) is 5.25. The van der Waals surface area contributed by atoms with Gasteiger partial charge in [-0.3, -0.25) is 19.8 Å². The molecule has 1 aliphatic rings. The average molecular weight is 405 g/mol. The number of amides is 1. The standard InChI is InChI=1S/C20H24N4O3.ClH/c1-14(20(25)22-17-8-5-9-18(10-17)24(26)27)23-12-16(11-21)19(13-23)15-6-3-2-4-7-15;/h2-10,14,16,19H,11-13,21H2,1H3,(H,22,25);1H/t14?,16-,19+;/m1./s1. The molecular formula is C20H25ClN4O3. The molecule has 0 spiro atoms. The highest BCUT2D eigenvalue weighted by Crippen LogP contribution is 2.33. The fourth-order valence-corrected chi connectivity index (χ4v) is 3.65. The van der Waals surface area contributed by atoms with E-state index < -0.39 is 4.92 Å². The van der Waals surface area contributed by atoms with Crippen LogP contribution in [-0.4, -0.2) is 41.4 Å². The van der Waals surface area contributed by atoms with Crippen molar-refractivity contribution in [3.8, 4) is 0 Å². The number of benzene rings is 2. The first kappa shape index (κ1) is 21.8. The van der Waals surface area contributed by atoms with Crippen molar-refractivity contribution >= 4 is 29.7 Å². The van der Waals surface area contributed by atoms with Gasteiger partial charge in [-0.2, -0.15) is 0 Å². The van der Waals surface area contributed by atoms with E-state index >= 15 is 0 Å². The fourth-order valence-electron chi connectivity index (χ4n) is 3.65. The molecule has 0 radical (unpaired) electrons. The summed E-state index contributed by atoms with van der Waals surface area (Å²) in [6, 6.07) is 15.8. The molecular weight excluding hydrogens is 380 g/mol. The smallest absolute Gasteiger partial charge is 0.271 e. The molecule has 1 saturated heterocycles. The minimum Gasteiger partial charge on any atom is -0.330 e. The summed E-state index contributed by atoms with van der Waals surface area (Å²) in [5.41, 5.74) is 7.59. The van der Waals surface area contributed by atoms with Gasteiger partial charge in [0.2, 0.25) is 5.91 Å². The Kier molecular flexibility index (Phi) is 7.51. The quantitative estimate of drug-likeness (QED) is 0.569. The Morgan fingerprint density at radius 1 is 1.25 bits per heavy atom. The van der Waals surface area contributed by atoms with Crippen molar-refractivity contribution in [2.45, 2.75) is 18.9 Å². The van der Waals surface area contributed by atoms with Crippen molar-refractivity contribution in [1.82, 2.24) is 4.90 Å². The number of nitrogens with two attached hydrogens (primary N) is 1. The Bertz CT molecular complexity index is 818. The van der Waals surface area contributed by atoms with Crippen molar-refractivity contribution in [3.63, 3.8) is 0 Å². The van der Waals surface area contributed by atoms with Gasteiger partial charge < -0.3 is 11.1 Å². The van der Waals surface area contributed by atoms with Crippen LogP contribution in [0, 0.1) is 16.0 Å². The number of non-ortho nitro benzene ring substituents is 1. The topological polar surface area (TPSA) is 101 Å². The number of anilines is 1. The number of carbonyl (C=O) groups excluding carboxylic acids is 1. The number of nitrogens with zero attached hydrogens (tertiary/aromatic N) is 2. The van der Waals surface area contributed by atoms with Gasteiger partial charge in [-0.1, -0.05) is 36.4 Å². The molecule has 1 amide bonds. The molecule has 0 saturated carbocycles. The van der Waals surface area contributed by atoms with Gasteiger partial charge in [0.25, 0.3) is 5.69 Å². The minimum atomic E-state index is -0.476. The van der Waals surface area contributed by atoms with Crippen molar-refractivity contribution < 1.29 is 9.72 Å². The lowest BCUT2D eigenvalue weighted by Gasteiger charge is -2.23. The number of nitro groups is 1. The fraction of sp³-hybridized carbons (Fsp3) is 0.350. The van der Waals surface area contributed by atoms with Crippen LogP contribution in [0.2, 0.25) is 0 Å². The van der Waals surface area contributed by atoms with Gasteiger partial charge in [-0.15, -0.1) is 12.4 Å². The summed E-state index contributed by atoms with van der Waals surface area (Å²) in [6.45, 7) is 3.93. The van der Waals surface area contributed by atoms with Crippen LogP contribution in [0.15, 0.2) is 54.6 Å². The van der Waals surface area contributed by atoms with E-state index in [0.29, 0.717) is 24.1 Å². The molecule has 1 unspecified atom stereocenters. The van der Waals surface area contributed by atoms with Crippen LogP contribution in [-0.2, 0) is 4.79 Å². The number of likely N-dealkylation sites (tertiary alicyclic amines) is 1. The summed E-state index contributed by atoms with van der Waals surface area (Å²) >= 11 is 0. The van der Waals surface area contributed by atoms with Crippen LogP contribution < -0.4 is 11.1 Å². The highest BCUT2D eigenvalue weighted by Gasteiger charge is 2.36. The molecule has 0 aliphatic carbocycles. The second kappa shape index (κ2) is 9.64. The van der Waals surface area contributed by atoms with E-state index in [9.17, 15) is 14.9 Å². The second-order valence-electron chi connectivity index (χ2n) is 6.94. The van der Waals surface area contributed by atoms with E-state index in [1.54, 1.807) is 12.1 Å². The molecule has 150 valence electrons. The highest BCUT2D eigenvalue weighted by molar-refractivity contribution is 5.94. The Hall–Kier alpha value is -2.48. The number of nitro benzene ring substituents is 1. The van der Waals surface area contributed by atoms with Gasteiger partial charge in [0.15, 0.2) is 0 Å². The third kappa shape index (κ3) is 4.86. The summed E-state index contributed by atoms with van der Waals surface area (Å²) in [6.07, 6.45) is 0. The molecule has 1 heterocycles. The number of hydrogen-bond acceptors (Lipinski definition) is 5. The largest absolute Gasteiger partial charge is 0.330 e. The molecule has 1 aliphatic heterocycles. The molecule has 3 N–H and O–H groups in total. The summed E-state index contributed by atoms with van der Waals surface area (Å²) in [5.74, 6) is 0.407. The van der Waals surface area contributed by atoms with E-state index in [1.165, 1.54) is 17.7 Å². The van der Waals surface area contributed by atoms with Crippen LogP contribution in [0.5, 0.6) is 0 Å². The lowest BCUT2D eigenvalue weighted by Crippen LogP contribution is -2.41. The summed E-state index contributed by atoms with van der Waals surface area (Å²) < 4.78 is 0. The van der Waals surface area contributed by atoms with Crippen LogP contribution in [0.4, 0.5) is 11.4 Å². The van der Waals surface area contributed by atoms with Gasteiger partial charge in [0.1, 0.15) is 0 Å². The highest BCUT2D eigenvalue weighted by atomic mass is 35.5. The molecule has 1 fully saturated rings. The molecule has 7 nitrogen and oxygen atoms in total. The molecule has 3 rings (SSSR count). The number of nitrogens with one attached hydrogen (secondary N) is 1. The van der Waals surface area contributed by atoms with E-state index in [-0.39, 0.29) is 30.0 Å². The van der Waals surface area contributed by atoms with Crippen molar-refractivity contribution in [2.75, 3.05) is 25.0 Å².